The molecule has 34 heavy (non-hydrogen) atoms. The molecule has 1 heterocycles. The van der Waals surface area contributed by atoms with E-state index in [1.807, 2.05) is 30.3 Å². The summed E-state index contributed by atoms with van der Waals surface area (Å²) < 4.78 is 2.35. The van der Waals surface area contributed by atoms with E-state index in [-0.39, 0.29) is 0 Å². The van der Waals surface area contributed by atoms with Gasteiger partial charge in [0.1, 0.15) is 5.82 Å². The van der Waals surface area contributed by atoms with E-state index in [9.17, 15) is 0 Å². The minimum Gasteiger partial charge on any atom is -0.327 e. The predicted octanol–water partition coefficient (Wildman–Crippen LogP) is 8.35. The number of nitrogens with zero attached hydrogens (tertiary/aromatic N) is 3. The molecular weight excluding hydrogens is 461 g/mol. The molecule has 3 nitrogen and oxygen atoms in total. The van der Waals surface area contributed by atoms with Crippen molar-refractivity contribution >= 4 is 23.2 Å². The molecule has 4 aromatic rings. The van der Waals surface area contributed by atoms with E-state index in [4.69, 9.17) is 28.2 Å². The first-order valence-electron chi connectivity index (χ1n) is 12.0. The second kappa shape index (κ2) is 11.7. The highest BCUT2D eigenvalue weighted by molar-refractivity contribution is 6.35. The van der Waals surface area contributed by atoms with Crippen LogP contribution in [-0.4, -0.2) is 21.0 Å². The molecule has 0 saturated carbocycles. The molecule has 0 amide bonds. The van der Waals surface area contributed by atoms with Gasteiger partial charge in [-0.1, -0.05) is 103 Å². The first-order chi connectivity index (χ1) is 16.6. The van der Waals surface area contributed by atoms with Crippen molar-refractivity contribution in [1.82, 2.24) is 14.5 Å². The molecule has 0 unspecified atom stereocenters. The summed E-state index contributed by atoms with van der Waals surface area (Å²) in [5.74, 6) is 1.00. The zero-order chi connectivity index (χ0) is 23.9. The van der Waals surface area contributed by atoms with E-state index >= 15 is 0 Å². The van der Waals surface area contributed by atoms with E-state index in [2.05, 4.69) is 71.8 Å². The van der Waals surface area contributed by atoms with Crippen molar-refractivity contribution in [3.63, 3.8) is 0 Å². The second-order valence-electron chi connectivity index (χ2n) is 8.47. The smallest absolute Gasteiger partial charge is 0.140 e. The molecule has 0 fully saturated rings. The van der Waals surface area contributed by atoms with Crippen molar-refractivity contribution in [2.24, 2.45) is 0 Å². The molecule has 176 valence electrons. The Balaban J connectivity index is 1.79. The van der Waals surface area contributed by atoms with Crippen LogP contribution in [0.25, 0.3) is 22.6 Å². The quantitative estimate of drug-likeness (QED) is 0.222. The van der Waals surface area contributed by atoms with Crippen LogP contribution in [0.15, 0.2) is 78.9 Å². The fourth-order valence-electron chi connectivity index (χ4n) is 4.34. The summed E-state index contributed by atoms with van der Waals surface area (Å²) in [6.07, 6.45) is 2.23. The number of imidazole rings is 1. The highest BCUT2D eigenvalue weighted by Crippen LogP contribution is 2.32. The summed E-state index contributed by atoms with van der Waals surface area (Å²) in [7, 11) is 0. The summed E-state index contributed by atoms with van der Waals surface area (Å²) >= 11 is 13.1. The Kier molecular flexibility index (Phi) is 8.44. The number of hydrogen-bond acceptors (Lipinski definition) is 2. The maximum absolute atomic E-state index is 6.55. The van der Waals surface area contributed by atoms with Gasteiger partial charge in [0.05, 0.1) is 11.4 Å². The molecule has 0 N–H and O–H groups in total. The molecule has 1 aromatic heterocycles. The topological polar surface area (TPSA) is 21.1 Å². The van der Waals surface area contributed by atoms with Crippen molar-refractivity contribution < 1.29 is 0 Å². The van der Waals surface area contributed by atoms with E-state index in [0.717, 1.165) is 60.7 Å². The van der Waals surface area contributed by atoms with Crippen molar-refractivity contribution in [2.45, 2.75) is 46.3 Å². The van der Waals surface area contributed by atoms with Gasteiger partial charge in [0.2, 0.25) is 0 Å². The minimum atomic E-state index is 0.697. The Labute approximate surface area is 213 Å². The van der Waals surface area contributed by atoms with Crippen LogP contribution in [0.3, 0.4) is 0 Å². The summed E-state index contributed by atoms with van der Waals surface area (Å²) in [4.78, 5) is 7.63. The highest BCUT2D eigenvalue weighted by atomic mass is 35.5. The number of hydrogen-bond donors (Lipinski definition) is 0. The number of rotatable bonds is 10. The Bertz CT molecular complexity index is 1180. The van der Waals surface area contributed by atoms with Gasteiger partial charge in [-0.2, -0.15) is 0 Å². The van der Waals surface area contributed by atoms with E-state index in [1.54, 1.807) is 0 Å². The van der Waals surface area contributed by atoms with Crippen molar-refractivity contribution in [2.75, 3.05) is 6.54 Å². The van der Waals surface area contributed by atoms with Gasteiger partial charge in [-0.05, 0) is 32.0 Å². The Morgan fingerprint density at radius 2 is 1.38 bits per heavy atom. The van der Waals surface area contributed by atoms with Gasteiger partial charge >= 0.3 is 0 Å². The first kappa shape index (κ1) is 24.5. The third-order valence-electron chi connectivity index (χ3n) is 6.11. The Morgan fingerprint density at radius 3 is 1.97 bits per heavy atom. The Hall–Kier alpha value is -2.59. The number of aromatic nitrogens is 2. The van der Waals surface area contributed by atoms with Crippen LogP contribution in [0.1, 0.15) is 37.9 Å². The average molecular weight is 492 g/mol. The van der Waals surface area contributed by atoms with Crippen LogP contribution in [-0.2, 0) is 19.6 Å². The summed E-state index contributed by atoms with van der Waals surface area (Å²) in [5, 5.41) is 1.43. The maximum atomic E-state index is 6.55. The number of benzene rings is 3. The van der Waals surface area contributed by atoms with Crippen LogP contribution < -0.4 is 0 Å². The molecule has 4 rings (SSSR count). The van der Waals surface area contributed by atoms with Gasteiger partial charge in [0, 0.05) is 46.4 Å². The molecule has 0 aliphatic rings. The zero-order valence-corrected chi connectivity index (χ0v) is 21.4. The average Bonchev–Trinajstić information content (AvgIpc) is 3.23. The largest absolute Gasteiger partial charge is 0.327 e. The molecule has 0 bridgehead atoms. The first-order valence-corrected chi connectivity index (χ1v) is 12.7. The van der Waals surface area contributed by atoms with Gasteiger partial charge < -0.3 is 4.57 Å². The van der Waals surface area contributed by atoms with Crippen LogP contribution in [0.5, 0.6) is 0 Å². The van der Waals surface area contributed by atoms with Crippen LogP contribution in [0.4, 0.5) is 0 Å². The highest BCUT2D eigenvalue weighted by Gasteiger charge is 2.22. The molecular formula is C29H31Cl2N3. The normalized spacial score (nSPS) is 11.3. The molecule has 0 atom stereocenters. The van der Waals surface area contributed by atoms with Gasteiger partial charge in [0.15, 0.2) is 0 Å². The minimum absolute atomic E-state index is 0.697. The standard InChI is InChI=1S/C29H31Cl2N3/c1-3-5-19-33(20-24-25(30)17-12-18-26(24)31)21-27-28(22-13-8-6-9-14-22)32-29(34(27)4-2)23-15-10-7-11-16-23/h6-18H,3-5,19-21H2,1-2H3. The van der Waals surface area contributed by atoms with E-state index in [0.29, 0.717) is 16.6 Å². The monoisotopic (exact) mass is 491 g/mol. The molecule has 5 heteroatoms. The third-order valence-corrected chi connectivity index (χ3v) is 6.82. The van der Waals surface area contributed by atoms with Gasteiger partial charge in [0.25, 0.3) is 0 Å². The van der Waals surface area contributed by atoms with Crippen molar-refractivity contribution in [3.8, 4) is 22.6 Å². The molecule has 0 saturated heterocycles. The summed E-state index contributed by atoms with van der Waals surface area (Å²) in [6.45, 7) is 7.67. The predicted molar refractivity (Wildman–Crippen MR) is 144 cm³/mol. The molecule has 0 aliphatic heterocycles. The third kappa shape index (κ3) is 5.55. The summed E-state index contributed by atoms with van der Waals surface area (Å²) in [5.41, 5.74) is 5.49. The zero-order valence-electron chi connectivity index (χ0n) is 19.8. The fraction of sp³-hybridized carbons (Fsp3) is 0.276. The van der Waals surface area contributed by atoms with Crippen LogP contribution >= 0.6 is 23.2 Å². The maximum Gasteiger partial charge on any atom is 0.140 e. The van der Waals surface area contributed by atoms with Crippen LogP contribution in [0, 0.1) is 0 Å². The summed E-state index contributed by atoms with van der Waals surface area (Å²) in [6, 6.07) is 26.6. The number of halogens is 2. The molecule has 0 radical (unpaired) electrons. The Morgan fingerprint density at radius 1 is 0.765 bits per heavy atom. The lowest BCUT2D eigenvalue weighted by Crippen LogP contribution is -2.26. The SMILES string of the molecule is CCCCN(Cc1c(Cl)cccc1Cl)Cc1c(-c2ccccc2)nc(-c2ccccc2)n1CC. The van der Waals surface area contributed by atoms with Gasteiger partial charge in [-0.3, -0.25) is 4.90 Å². The van der Waals surface area contributed by atoms with Crippen molar-refractivity contribution in [3.05, 3.63) is 100 Å². The lowest BCUT2D eigenvalue weighted by Gasteiger charge is -2.25. The van der Waals surface area contributed by atoms with Crippen LogP contribution in [0.2, 0.25) is 10.0 Å². The number of unbranched alkanes of at least 4 members (excludes halogenated alkanes) is 1. The lowest BCUT2D eigenvalue weighted by atomic mass is 10.1. The molecule has 3 aromatic carbocycles. The van der Waals surface area contributed by atoms with E-state index < -0.39 is 0 Å². The second-order valence-corrected chi connectivity index (χ2v) is 9.29. The molecule has 0 spiro atoms. The van der Waals surface area contributed by atoms with Crippen molar-refractivity contribution in [1.29, 1.82) is 0 Å². The van der Waals surface area contributed by atoms with Gasteiger partial charge in [-0.15, -0.1) is 0 Å². The van der Waals surface area contributed by atoms with E-state index in [1.165, 1.54) is 5.69 Å². The molecule has 0 aliphatic carbocycles. The lowest BCUT2D eigenvalue weighted by molar-refractivity contribution is 0.247. The fourth-order valence-corrected chi connectivity index (χ4v) is 4.85. The van der Waals surface area contributed by atoms with Gasteiger partial charge in [-0.25, -0.2) is 4.98 Å².